The monoisotopic (exact) mass is 415 g/mol. The Balaban J connectivity index is 1.52. The maximum absolute atomic E-state index is 12.1. The number of aryl methyl sites for hydroxylation is 1. The lowest BCUT2D eigenvalue weighted by atomic mass is 10.3. The Morgan fingerprint density at radius 3 is 2.55 bits per heavy atom. The van der Waals surface area contributed by atoms with E-state index >= 15 is 0 Å². The molecule has 3 aromatic rings. The summed E-state index contributed by atoms with van der Waals surface area (Å²) in [7, 11) is 1.65. The van der Waals surface area contributed by atoms with Gasteiger partial charge in [0.05, 0.1) is 23.2 Å². The summed E-state index contributed by atoms with van der Waals surface area (Å²) in [5.74, 6) is 0.867. The van der Waals surface area contributed by atoms with Crippen LogP contribution in [-0.4, -0.2) is 72.1 Å². The molecular formula is C20H25N5O3S. The van der Waals surface area contributed by atoms with Crippen molar-refractivity contribution in [3.8, 4) is 11.4 Å². The number of methoxy groups -OCH3 is 1. The van der Waals surface area contributed by atoms with Gasteiger partial charge in [0.2, 0.25) is 5.91 Å². The van der Waals surface area contributed by atoms with Gasteiger partial charge in [0, 0.05) is 32.8 Å². The molecular weight excluding hydrogens is 390 g/mol. The smallest absolute Gasteiger partial charge is 0.248 e. The molecule has 0 saturated carbocycles. The largest absolute Gasteiger partial charge is 0.497 e. The molecule has 1 aromatic carbocycles. The van der Waals surface area contributed by atoms with Crippen molar-refractivity contribution in [2.75, 3.05) is 51.4 Å². The predicted octanol–water partition coefficient (Wildman–Crippen LogP) is 2.48. The van der Waals surface area contributed by atoms with E-state index in [9.17, 15) is 4.79 Å². The third kappa shape index (κ3) is 3.92. The van der Waals surface area contributed by atoms with Crippen LogP contribution in [0.1, 0.15) is 12.6 Å². The van der Waals surface area contributed by atoms with Crippen molar-refractivity contribution in [3.05, 3.63) is 30.0 Å². The molecule has 0 atom stereocenters. The molecule has 0 radical (unpaired) electrons. The average molecular weight is 416 g/mol. The zero-order valence-electron chi connectivity index (χ0n) is 16.9. The Morgan fingerprint density at radius 1 is 1.17 bits per heavy atom. The van der Waals surface area contributed by atoms with E-state index in [0.29, 0.717) is 19.7 Å². The number of carbonyl (C=O) groups is 1. The van der Waals surface area contributed by atoms with Crippen LogP contribution in [0.5, 0.6) is 5.75 Å². The maximum Gasteiger partial charge on any atom is 0.248 e. The third-order valence-electron chi connectivity index (χ3n) is 5.03. The fourth-order valence-corrected chi connectivity index (χ4v) is 4.43. The number of carbonyl (C=O) groups excluding carboxylic acids is 1. The summed E-state index contributed by atoms with van der Waals surface area (Å²) >= 11 is 1.66. The number of fused-ring (bicyclic) bond motifs is 1. The molecule has 0 N–H and O–H groups in total. The van der Waals surface area contributed by atoms with Crippen molar-refractivity contribution in [1.29, 1.82) is 0 Å². The summed E-state index contributed by atoms with van der Waals surface area (Å²) < 4.78 is 13.5. The minimum atomic E-state index is 0.0572. The highest BCUT2D eigenvalue weighted by molar-refractivity contribution is 7.22. The van der Waals surface area contributed by atoms with Crippen LogP contribution in [0.15, 0.2) is 24.3 Å². The Morgan fingerprint density at radius 2 is 1.90 bits per heavy atom. The first kappa shape index (κ1) is 19.7. The van der Waals surface area contributed by atoms with E-state index in [0.717, 1.165) is 45.7 Å². The van der Waals surface area contributed by atoms with Gasteiger partial charge in [0.25, 0.3) is 0 Å². The van der Waals surface area contributed by atoms with Gasteiger partial charge in [0.1, 0.15) is 12.4 Å². The SMILES string of the molecule is CCOCC(=O)N1CCN(c2nc3c(s2)c(C)nn3-c2ccc(OC)cc2)CC1. The van der Waals surface area contributed by atoms with Crippen LogP contribution in [0, 0.1) is 6.92 Å². The van der Waals surface area contributed by atoms with Gasteiger partial charge in [-0.2, -0.15) is 10.1 Å². The van der Waals surface area contributed by atoms with Crippen molar-refractivity contribution < 1.29 is 14.3 Å². The minimum absolute atomic E-state index is 0.0572. The van der Waals surface area contributed by atoms with Gasteiger partial charge < -0.3 is 19.3 Å². The highest BCUT2D eigenvalue weighted by Crippen LogP contribution is 2.33. The Labute approximate surface area is 173 Å². The van der Waals surface area contributed by atoms with Gasteiger partial charge in [-0.15, -0.1) is 0 Å². The first-order valence-electron chi connectivity index (χ1n) is 9.71. The highest BCUT2D eigenvalue weighted by Gasteiger charge is 2.24. The van der Waals surface area contributed by atoms with E-state index in [1.165, 1.54) is 0 Å². The lowest BCUT2D eigenvalue weighted by Gasteiger charge is -2.34. The lowest BCUT2D eigenvalue weighted by molar-refractivity contribution is -0.136. The molecule has 0 bridgehead atoms. The minimum Gasteiger partial charge on any atom is -0.497 e. The van der Waals surface area contributed by atoms with E-state index < -0.39 is 0 Å². The summed E-state index contributed by atoms with van der Waals surface area (Å²) in [5, 5.41) is 5.64. The average Bonchev–Trinajstić information content (AvgIpc) is 3.33. The molecule has 1 aliphatic heterocycles. The molecule has 4 rings (SSSR count). The molecule has 1 fully saturated rings. The van der Waals surface area contributed by atoms with E-state index in [2.05, 4.69) is 10.00 Å². The molecule has 1 amide bonds. The summed E-state index contributed by atoms with van der Waals surface area (Å²) in [6, 6.07) is 7.80. The van der Waals surface area contributed by atoms with Gasteiger partial charge in [-0.3, -0.25) is 4.79 Å². The van der Waals surface area contributed by atoms with Crippen molar-refractivity contribution in [2.24, 2.45) is 0 Å². The van der Waals surface area contributed by atoms with Gasteiger partial charge in [-0.05, 0) is 38.1 Å². The number of aromatic nitrogens is 3. The number of benzene rings is 1. The molecule has 3 heterocycles. The Bertz CT molecular complexity index is 990. The summed E-state index contributed by atoms with van der Waals surface area (Å²) in [4.78, 5) is 21.1. The molecule has 0 spiro atoms. The van der Waals surface area contributed by atoms with Crippen molar-refractivity contribution in [2.45, 2.75) is 13.8 Å². The standard InChI is InChI=1S/C20H25N5O3S/c1-4-28-13-17(26)23-9-11-24(12-10-23)20-21-19-18(29-20)14(2)22-25(19)15-5-7-16(27-3)8-6-15/h5-8H,4,9-13H2,1-3H3. The number of anilines is 1. The Hall–Kier alpha value is -2.65. The zero-order chi connectivity index (χ0) is 20.4. The van der Waals surface area contributed by atoms with Crippen LogP contribution in [-0.2, 0) is 9.53 Å². The van der Waals surface area contributed by atoms with Crippen molar-refractivity contribution >= 4 is 32.7 Å². The molecule has 0 unspecified atom stereocenters. The first-order chi connectivity index (χ1) is 14.1. The summed E-state index contributed by atoms with van der Waals surface area (Å²) in [6.07, 6.45) is 0. The van der Waals surface area contributed by atoms with Crippen LogP contribution in [0.25, 0.3) is 16.0 Å². The number of piperazine rings is 1. The van der Waals surface area contributed by atoms with E-state index in [4.69, 9.17) is 14.5 Å². The second kappa shape index (κ2) is 8.38. The second-order valence-corrected chi connectivity index (χ2v) is 7.83. The molecule has 1 saturated heterocycles. The molecule has 154 valence electrons. The fourth-order valence-electron chi connectivity index (χ4n) is 3.39. The summed E-state index contributed by atoms with van der Waals surface area (Å²) in [6.45, 7) is 7.53. The van der Waals surface area contributed by atoms with E-state index in [1.54, 1.807) is 18.4 Å². The van der Waals surface area contributed by atoms with Crippen LogP contribution in [0.4, 0.5) is 5.13 Å². The van der Waals surface area contributed by atoms with Crippen LogP contribution >= 0.6 is 11.3 Å². The van der Waals surface area contributed by atoms with E-state index in [-0.39, 0.29) is 12.5 Å². The number of ether oxygens (including phenoxy) is 2. The first-order valence-corrected chi connectivity index (χ1v) is 10.5. The van der Waals surface area contributed by atoms with Crippen LogP contribution < -0.4 is 9.64 Å². The Kier molecular flexibility index (Phi) is 5.68. The molecule has 8 nitrogen and oxygen atoms in total. The lowest BCUT2D eigenvalue weighted by Crippen LogP contribution is -2.49. The molecule has 1 aliphatic rings. The quantitative estimate of drug-likeness (QED) is 0.616. The zero-order valence-corrected chi connectivity index (χ0v) is 17.7. The normalized spacial score (nSPS) is 14.6. The number of hydrogen-bond acceptors (Lipinski definition) is 7. The van der Waals surface area contributed by atoms with Gasteiger partial charge in [-0.25, -0.2) is 4.68 Å². The maximum atomic E-state index is 12.1. The molecule has 0 aliphatic carbocycles. The van der Waals surface area contributed by atoms with Crippen LogP contribution in [0.3, 0.4) is 0 Å². The number of amides is 1. The van der Waals surface area contributed by atoms with Gasteiger partial charge in [0.15, 0.2) is 10.8 Å². The van der Waals surface area contributed by atoms with Crippen LogP contribution in [0.2, 0.25) is 0 Å². The van der Waals surface area contributed by atoms with Crippen molar-refractivity contribution in [1.82, 2.24) is 19.7 Å². The number of nitrogens with zero attached hydrogens (tertiary/aromatic N) is 5. The molecule has 9 heteroatoms. The van der Waals surface area contributed by atoms with Gasteiger partial charge in [-0.1, -0.05) is 11.3 Å². The fraction of sp³-hybridized carbons (Fsp3) is 0.450. The number of thiazole rings is 1. The number of hydrogen-bond donors (Lipinski definition) is 0. The number of rotatable bonds is 6. The van der Waals surface area contributed by atoms with E-state index in [1.807, 2.05) is 47.7 Å². The second-order valence-electron chi connectivity index (χ2n) is 6.85. The highest BCUT2D eigenvalue weighted by atomic mass is 32.1. The van der Waals surface area contributed by atoms with Crippen molar-refractivity contribution in [3.63, 3.8) is 0 Å². The third-order valence-corrected chi connectivity index (χ3v) is 6.24. The summed E-state index contributed by atoms with van der Waals surface area (Å²) in [5.41, 5.74) is 2.78. The predicted molar refractivity (Wildman–Crippen MR) is 113 cm³/mol. The molecule has 29 heavy (non-hydrogen) atoms. The van der Waals surface area contributed by atoms with Gasteiger partial charge >= 0.3 is 0 Å². The topological polar surface area (TPSA) is 72.7 Å². The molecule has 2 aromatic heterocycles.